The summed E-state index contributed by atoms with van der Waals surface area (Å²) >= 11 is 4.89. The highest BCUT2D eigenvalue weighted by atomic mass is 32.5. The van der Waals surface area contributed by atoms with Gasteiger partial charge in [-0.2, -0.15) is 0 Å². The quantitative estimate of drug-likeness (QED) is 0.101. The fraction of sp³-hybridized carbons (Fsp3) is 0.680. The second-order valence-corrected chi connectivity index (χ2v) is 15.6. The number of esters is 3. The minimum Gasteiger partial charge on any atom is -0.462 e. The maximum atomic E-state index is 13.2. The molecule has 0 radical (unpaired) electrons. The summed E-state index contributed by atoms with van der Waals surface area (Å²) < 4.78 is 56.8. The summed E-state index contributed by atoms with van der Waals surface area (Å²) in [4.78, 5) is 68.5. The molecule has 2 aromatic heterocycles. The lowest BCUT2D eigenvalue weighted by Gasteiger charge is -2.45. The van der Waals surface area contributed by atoms with Gasteiger partial charge in [0.1, 0.15) is 42.9 Å². The van der Waals surface area contributed by atoms with E-state index in [0.29, 0.717) is 0 Å². The first-order chi connectivity index (χ1) is 22.8. The monoisotopic (exact) mass is 757 g/mol. The number of aliphatic hydroxyl groups excluding tert-OH is 2. The van der Waals surface area contributed by atoms with Crippen LogP contribution in [0.5, 0.6) is 0 Å². The molecule has 5 unspecified atom stereocenters. The Balaban J connectivity index is 1.45. The van der Waals surface area contributed by atoms with Crippen LogP contribution in [0.25, 0.3) is 11.2 Å². The molecule has 2 aliphatic heterocycles. The molecule has 2 saturated heterocycles. The van der Waals surface area contributed by atoms with Gasteiger partial charge in [-0.15, -0.1) is 0 Å². The molecule has 12 atom stereocenters. The zero-order valence-corrected chi connectivity index (χ0v) is 29.3. The van der Waals surface area contributed by atoms with Crippen molar-refractivity contribution >= 4 is 61.2 Å². The summed E-state index contributed by atoms with van der Waals surface area (Å²) in [7, 11) is -5.43. The number of nitrogen functional groups attached to an aromatic ring is 1. The zero-order valence-electron chi connectivity index (χ0n) is 26.7. The highest BCUT2D eigenvalue weighted by Crippen LogP contribution is 2.62. The Bertz CT molecular complexity index is 1630. The number of ether oxygens (including phenoxy) is 5. The summed E-state index contributed by atoms with van der Waals surface area (Å²) in [6.07, 6.45) is -8.85. The van der Waals surface area contributed by atoms with Gasteiger partial charge in [0.05, 0.1) is 12.9 Å². The van der Waals surface area contributed by atoms with Gasteiger partial charge in [0.2, 0.25) is 6.29 Å². The molecule has 0 aliphatic carbocycles. The number of rotatable bonds is 13. The van der Waals surface area contributed by atoms with Gasteiger partial charge in [-0.1, -0.05) is 13.8 Å². The van der Waals surface area contributed by atoms with Gasteiger partial charge in [0.15, 0.2) is 29.9 Å². The fourth-order valence-corrected chi connectivity index (χ4v) is 8.40. The number of phosphoric ester groups is 1. The van der Waals surface area contributed by atoms with Crippen LogP contribution in [0.1, 0.15) is 40.8 Å². The molecule has 4 heterocycles. The van der Waals surface area contributed by atoms with Crippen molar-refractivity contribution in [2.75, 3.05) is 18.9 Å². The molecule has 0 saturated carbocycles. The third-order valence-electron chi connectivity index (χ3n) is 7.71. The lowest BCUT2D eigenvalue weighted by molar-refractivity contribution is -0.270. The zero-order chi connectivity index (χ0) is 36.4. The van der Waals surface area contributed by atoms with Crippen LogP contribution >= 0.6 is 14.5 Å². The van der Waals surface area contributed by atoms with E-state index in [1.165, 1.54) is 10.9 Å². The van der Waals surface area contributed by atoms with Gasteiger partial charge in [-0.3, -0.25) is 23.5 Å². The second-order valence-electron chi connectivity index (χ2n) is 11.3. The average molecular weight is 758 g/mol. The van der Waals surface area contributed by atoms with E-state index in [1.807, 2.05) is 0 Å². The molecular weight excluding hydrogens is 720 g/mol. The van der Waals surface area contributed by atoms with E-state index in [4.69, 9.17) is 54.6 Å². The Kier molecular flexibility index (Phi) is 12.5. The van der Waals surface area contributed by atoms with Gasteiger partial charge in [0.25, 0.3) is 0 Å². The van der Waals surface area contributed by atoms with Gasteiger partial charge >= 0.3 is 32.4 Å². The van der Waals surface area contributed by atoms with Crippen LogP contribution in [0.2, 0.25) is 0 Å². The number of carbonyl (C=O) groups is 3. The van der Waals surface area contributed by atoms with Crippen LogP contribution in [-0.2, 0) is 67.8 Å². The summed E-state index contributed by atoms with van der Waals surface area (Å²) in [5.74, 6) is -3.41. The maximum Gasteiger partial charge on any atom is 0.481 e. The van der Waals surface area contributed by atoms with Crippen LogP contribution in [0.15, 0.2) is 12.7 Å². The number of hydrogen-bond donors (Lipinski definition) is 5. The van der Waals surface area contributed by atoms with Crippen molar-refractivity contribution in [3.05, 3.63) is 12.7 Å². The fourth-order valence-electron chi connectivity index (χ4n) is 5.30. The topological polar surface area (TPSA) is 293 Å². The minimum absolute atomic E-state index is 0.0638. The molecule has 2 fully saturated rings. The van der Waals surface area contributed by atoms with Crippen molar-refractivity contribution in [1.82, 2.24) is 19.5 Å². The first kappa shape index (κ1) is 39.1. The van der Waals surface area contributed by atoms with Crippen LogP contribution < -0.4 is 5.73 Å². The van der Waals surface area contributed by atoms with E-state index >= 15 is 0 Å². The summed E-state index contributed by atoms with van der Waals surface area (Å²) in [6.45, 7) is 0.727. The predicted octanol–water partition coefficient (Wildman–Crippen LogP) is -0.182. The van der Waals surface area contributed by atoms with Gasteiger partial charge < -0.3 is 53.9 Å². The molecule has 21 nitrogen and oxygen atoms in total. The second kappa shape index (κ2) is 15.7. The van der Waals surface area contributed by atoms with E-state index in [1.54, 1.807) is 13.8 Å². The standard InChI is InChI=1S/C25H37N5O16P2S/c1-10-11(2)21(42-14(5)33)25(44-20(10)16(41-13(4)32)6-39-12(3)31)45-47(36,37)46-48(38,49)40-7-15-18(34)19(35)24(43-15)30-9-29-17-22(26)27-8-28-23(17)30/h8-11,15-16,18-21,24-25,34-35H,6-7H2,1-5H3,(H,36,37)(H,38,49)(H2,26,27,28)/t10-,11-,15+,16+,18?,19-,20?,21?,24+,25-,48?/m0/s1. The van der Waals surface area contributed by atoms with Crippen LogP contribution in [-0.4, -0.2) is 114 Å². The third-order valence-corrected chi connectivity index (χ3v) is 11.2. The molecule has 49 heavy (non-hydrogen) atoms. The van der Waals surface area contributed by atoms with Crippen molar-refractivity contribution < 1.29 is 76.0 Å². The van der Waals surface area contributed by atoms with Crippen LogP contribution in [0.3, 0.4) is 0 Å². The van der Waals surface area contributed by atoms with Gasteiger partial charge in [-0.25, -0.2) is 23.8 Å². The van der Waals surface area contributed by atoms with Crippen LogP contribution in [0, 0.1) is 11.8 Å². The number of nitrogens with two attached hydrogens (primary N) is 1. The van der Waals surface area contributed by atoms with Crippen molar-refractivity contribution in [3.63, 3.8) is 0 Å². The highest BCUT2D eigenvalue weighted by molar-refractivity contribution is 8.08. The largest absolute Gasteiger partial charge is 0.481 e. The molecule has 0 spiro atoms. The summed E-state index contributed by atoms with van der Waals surface area (Å²) in [5, 5.41) is 21.3. The van der Waals surface area contributed by atoms with E-state index in [-0.39, 0.29) is 17.0 Å². The molecule has 0 amide bonds. The number of nitrogens with zero attached hydrogens (tertiary/aromatic N) is 4. The maximum absolute atomic E-state index is 13.2. The molecule has 0 bridgehead atoms. The summed E-state index contributed by atoms with van der Waals surface area (Å²) in [5.41, 5.74) is 6.20. The molecule has 2 aromatic rings. The number of fused-ring (bicyclic) bond motifs is 1. The van der Waals surface area contributed by atoms with E-state index < -0.39 is 107 Å². The Hall–Kier alpha value is -2.72. The van der Waals surface area contributed by atoms with Gasteiger partial charge in [0, 0.05) is 26.7 Å². The first-order valence-electron chi connectivity index (χ1n) is 14.6. The molecule has 6 N–H and O–H groups in total. The minimum atomic E-state index is -5.43. The smallest absolute Gasteiger partial charge is 0.462 e. The molecule has 274 valence electrons. The normalized spacial score (nSPS) is 31.7. The molecule has 2 aliphatic rings. The Morgan fingerprint density at radius 2 is 1.73 bits per heavy atom. The van der Waals surface area contributed by atoms with E-state index in [9.17, 15) is 38.9 Å². The third kappa shape index (κ3) is 9.54. The van der Waals surface area contributed by atoms with E-state index in [0.717, 1.165) is 27.1 Å². The Morgan fingerprint density at radius 3 is 2.37 bits per heavy atom. The van der Waals surface area contributed by atoms with Crippen molar-refractivity contribution in [2.24, 2.45) is 11.8 Å². The van der Waals surface area contributed by atoms with Crippen molar-refractivity contribution in [1.29, 1.82) is 0 Å². The number of hydrogen-bond acceptors (Lipinski definition) is 19. The molecule has 24 heteroatoms. The number of imidazole rings is 1. The van der Waals surface area contributed by atoms with Crippen molar-refractivity contribution in [2.45, 2.75) is 83.8 Å². The number of aliphatic hydroxyl groups is 2. The molecule has 0 aromatic carbocycles. The number of aromatic nitrogens is 4. The van der Waals surface area contributed by atoms with Gasteiger partial charge in [-0.05, 0) is 17.7 Å². The van der Waals surface area contributed by atoms with E-state index in [2.05, 4.69) is 15.0 Å². The molecular formula is C25H37N5O16P2S. The first-order valence-corrected chi connectivity index (χ1v) is 18.7. The lowest BCUT2D eigenvalue weighted by atomic mass is 9.81. The SMILES string of the molecule is CC(=O)OC[C@@H](OC(C)=O)C1O[C@@H](OP(=O)(O)OP(O)(=S)OC[C@H]2O[C@@H](n3cnc4c(N)ncnc43)[C@@H](O)C2O)C(OC(C)=O)[C@@H](C)[C@@H]1C. The van der Waals surface area contributed by atoms with Crippen molar-refractivity contribution in [3.8, 4) is 0 Å². The Labute approximate surface area is 283 Å². The lowest BCUT2D eigenvalue weighted by Crippen LogP contribution is -2.56. The highest BCUT2D eigenvalue weighted by Gasteiger charge is 2.51. The predicted molar refractivity (Wildman–Crippen MR) is 165 cm³/mol. The Morgan fingerprint density at radius 1 is 1.04 bits per heavy atom. The number of anilines is 1. The number of carbonyl (C=O) groups excluding carboxylic acids is 3. The number of phosphoric acid groups is 1. The summed E-state index contributed by atoms with van der Waals surface area (Å²) in [6, 6.07) is 0. The average Bonchev–Trinajstić information content (AvgIpc) is 3.54. The van der Waals surface area contributed by atoms with Crippen LogP contribution in [0.4, 0.5) is 5.82 Å². The molecule has 4 rings (SSSR count).